The lowest BCUT2D eigenvalue weighted by molar-refractivity contribution is -0.235. The minimum atomic E-state index is -0.881. The molecular formula is C38H52O4. The Bertz CT molecular complexity index is 1340. The summed E-state index contributed by atoms with van der Waals surface area (Å²) in [6, 6.07) is 7.49. The van der Waals surface area contributed by atoms with Gasteiger partial charge in [0.1, 0.15) is 0 Å². The maximum Gasteiger partial charge on any atom is 0.335 e. The molecule has 9 unspecified atom stereocenters. The third-order valence-electron chi connectivity index (χ3n) is 14.8. The van der Waals surface area contributed by atoms with Crippen LogP contribution in [0, 0.1) is 56.7 Å². The molecule has 0 heterocycles. The van der Waals surface area contributed by atoms with Crippen LogP contribution in [-0.4, -0.2) is 22.2 Å². The number of hydrogen-bond donors (Lipinski definition) is 2. The van der Waals surface area contributed by atoms with Gasteiger partial charge in [0, 0.05) is 0 Å². The van der Waals surface area contributed by atoms with Crippen molar-refractivity contribution >= 4 is 17.5 Å². The van der Waals surface area contributed by atoms with Crippen LogP contribution in [0.2, 0.25) is 0 Å². The molecule has 4 saturated carbocycles. The second-order valence-corrected chi connectivity index (χ2v) is 16.2. The van der Waals surface area contributed by atoms with E-state index in [-0.39, 0.29) is 27.6 Å². The van der Waals surface area contributed by atoms with Gasteiger partial charge in [0.25, 0.3) is 0 Å². The van der Waals surface area contributed by atoms with Crippen LogP contribution in [0.15, 0.2) is 42.5 Å². The van der Waals surface area contributed by atoms with E-state index in [1.807, 2.05) is 12.1 Å². The molecule has 1 aromatic rings. The molecule has 9 atom stereocenters. The summed E-state index contributed by atoms with van der Waals surface area (Å²) in [5.41, 5.74) is 4.00. The van der Waals surface area contributed by atoms with Crippen molar-refractivity contribution in [3.8, 4) is 0 Å². The van der Waals surface area contributed by atoms with Crippen molar-refractivity contribution in [3.63, 3.8) is 0 Å². The Morgan fingerprint density at radius 3 is 2.19 bits per heavy atom. The minimum Gasteiger partial charge on any atom is -0.481 e. The van der Waals surface area contributed by atoms with Crippen molar-refractivity contribution in [2.45, 2.75) is 106 Å². The van der Waals surface area contributed by atoms with Crippen LogP contribution in [-0.2, 0) is 4.79 Å². The first kappa shape index (κ1) is 29.7. The third-order valence-corrected chi connectivity index (χ3v) is 14.8. The molecule has 4 fully saturated rings. The molecule has 4 heteroatoms. The Labute approximate surface area is 253 Å². The molecule has 0 aromatic heterocycles. The molecule has 0 bridgehead atoms. The molecule has 0 saturated heterocycles. The maximum atomic E-state index is 13.0. The van der Waals surface area contributed by atoms with Crippen molar-refractivity contribution in [3.05, 3.63) is 53.6 Å². The van der Waals surface area contributed by atoms with E-state index in [2.05, 4.69) is 54.2 Å². The first-order chi connectivity index (χ1) is 19.7. The summed E-state index contributed by atoms with van der Waals surface area (Å²) in [5.74, 6) is 0.718. The second kappa shape index (κ2) is 9.57. The van der Waals surface area contributed by atoms with Crippen molar-refractivity contribution in [2.75, 3.05) is 0 Å². The van der Waals surface area contributed by atoms with E-state index in [4.69, 9.17) is 0 Å². The Morgan fingerprint density at radius 1 is 0.905 bits per heavy atom. The van der Waals surface area contributed by atoms with E-state index in [0.717, 1.165) is 50.5 Å². The lowest BCUT2D eigenvalue weighted by Crippen LogP contribution is -2.66. The van der Waals surface area contributed by atoms with Gasteiger partial charge in [-0.05, 0) is 146 Å². The lowest BCUT2D eigenvalue weighted by Gasteiger charge is -2.73. The van der Waals surface area contributed by atoms with E-state index in [9.17, 15) is 19.8 Å². The van der Waals surface area contributed by atoms with Gasteiger partial charge < -0.3 is 10.2 Å². The number of hydrogen-bond acceptors (Lipinski definition) is 2. The van der Waals surface area contributed by atoms with Gasteiger partial charge in [-0.2, -0.15) is 0 Å². The second-order valence-electron chi connectivity index (χ2n) is 16.2. The number of allylic oxidation sites excluding steroid dienone is 3. The van der Waals surface area contributed by atoms with E-state index in [0.29, 0.717) is 29.2 Å². The number of aromatic carboxylic acids is 1. The highest BCUT2D eigenvalue weighted by Crippen LogP contribution is 2.78. The number of carboxylic acids is 2. The largest absolute Gasteiger partial charge is 0.481 e. The number of carbonyl (C=O) groups is 2. The van der Waals surface area contributed by atoms with Crippen LogP contribution >= 0.6 is 0 Å². The summed E-state index contributed by atoms with van der Waals surface area (Å²) in [6.07, 6.45) is 13.1. The zero-order valence-electron chi connectivity index (χ0n) is 26.8. The molecule has 6 rings (SSSR count). The standard InChI is InChI=1S/C38H52O4/c1-8-38-22-21-37(33(41)42)20-15-26(23(2)3)31(37)28(38)13-14-30-35(6)18-16-27(24-9-11-25(12-10-24)32(39)40)34(4,5)29(35)17-19-36(30,38)7/h9-12,16,26,28-31H,2,8,13-15,17-22H2,1,3-7H3,(H,39,40)(H,41,42). The molecule has 4 nitrogen and oxygen atoms in total. The zero-order valence-corrected chi connectivity index (χ0v) is 26.8. The summed E-state index contributed by atoms with van der Waals surface area (Å²) in [5, 5.41) is 20.1. The third kappa shape index (κ3) is 3.65. The lowest BCUT2D eigenvalue weighted by atomic mass is 9.31. The van der Waals surface area contributed by atoms with Crippen LogP contribution in [0.4, 0.5) is 0 Å². The highest BCUT2D eigenvalue weighted by atomic mass is 16.4. The number of benzene rings is 1. The van der Waals surface area contributed by atoms with E-state index >= 15 is 0 Å². The summed E-state index contributed by atoms with van der Waals surface area (Å²) in [6.45, 7) is 19.0. The van der Waals surface area contributed by atoms with Gasteiger partial charge in [0.05, 0.1) is 11.0 Å². The van der Waals surface area contributed by atoms with Crippen LogP contribution < -0.4 is 0 Å². The van der Waals surface area contributed by atoms with Crippen molar-refractivity contribution in [2.24, 2.45) is 56.7 Å². The number of aliphatic carboxylic acids is 1. The average Bonchev–Trinajstić information content (AvgIpc) is 3.34. The molecule has 0 radical (unpaired) electrons. The highest BCUT2D eigenvalue weighted by Gasteiger charge is 2.72. The first-order valence-electron chi connectivity index (χ1n) is 16.6. The first-order valence-corrected chi connectivity index (χ1v) is 16.6. The van der Waals surface area contributed by atoms with E-state index in [1.54, 1.807) is 12.1 Å². The van der Waals surface area contributed by atoms with Gasteiger partial charge >= 0.3 is 11.9 Å². The number of fused-ring (bicyclic) bond motifs is 7. The Morgan fingerprint density at radius 2 is 1.60 bits per heavy atom. The van der Waals surface area contributed by atoms with Gasteiger partial charge in [0.2, 0.25) is 0 Å². The molecular weight excluding hydrogens is 520 g/mol. The van der Waals surface area contributed by atoms with Gasteiger partial charge in [-0.25, -0.2) is 4.79 Å². The normalized spacial score (nSPS) is 43.7. The van der Waals surface area contributed by atoms with Crippen LogP contribution in [0.1, 0.15) is 122 Å². The molecule has 228 valence electrons. The van der Waals surface area contributed by atoms with Gasteiger partial charge in [-0.3, -0.25) is 4.79 Å². The molecule has 42 heavy (non-hydrogen) atoms. The minimum absolute atomic E-state index is 0.0170. The van der Waals surface area contributed by atoms with Gasteiger partial charge in [0.15, 0.2) is 0 Å². The van der Waals surface area contributed by atoms with Crippen LogP contribution in [0.5, 0.6) is 0 Å². The topological polar surface area (TPSA) is 74.6 Å². The van der Waals surface area contributed by atoms with Gasteiger partial charge in [-0.1, -0.05) is 65.0 Å². The molecule has 0 amide bonds. The average molecular weight is 573 g/mol. The van der Waals surface area contributed by atoms with Crippen molar-refractivity contribution in [1.82, 2.24) is 0 Å². The van der Waals surface area contributed by atoms with Crippen LogP contribution in [0.3, 0.4) is 0 Å². The quantitative estimate of drug-likeness (QED) is 0.345. The number of carboxylic acid groups (broad SMARTS) is 2. The maximum absolute atomic E-state index is 13.0. The molecule has 5 aliphatic carbocycles. The summed E-state index contributed by atoms with van der Waals surface area (Å²) in [4.78, 5) is 24.5. The monoisotopic (exact) mass is 572 g/mol. The molecule has 2 N–H and O–H groups in total. The Balaban J connectivity index is 1.39. The summed E-state index contributed by atoms with van der Waals surface area (Å²) >= 11 is 0. The summed E-state index contributed by atoms with van der Waals surface area (Å²) in [7, 11) is 0. The smallest absolute Gasteiger partial charge is 0.335 e. The predicted octanol–water partition coefficient (Wildman–Crippen LogP) is 9.51. The fourth-order valence-corrected chi connectivity index (χ4v) is 13.0. The predicted molar refractivity (Wildman–Crippen MR) is 168 cm³/mol. The molecule has 0 spiro atoms. The van der Waals surface area contributed by atoms with E-state index < -0.39 is 17.4 Å². The number of rotatable bonds is 5. The molecule has 0 aliphatic heterocycles. The zero-order chi connectivity index (χ0) is 30.5. The SMILES string of the molecule is C=C(C)C1CCC2(C(=O)O)CCC3(CC)C(CCC4C5(C)CC=C(c6ccc(C(=O)O)cc6)C(C)(C)C5CCC43C)C12. The molecule has 1 aromatic carbocycles. The highest BCUT2D eigenvalue weighted by molar-refractivity contribution is 5.88. The Kier molecular flexibility index (Phi) is 6.77. The van der Waals surface area contributed by atoms with Crippen molar-refractivity contribution < 1.29 is 19.8 Å². The van der Waals surface area contributed by atoms with Crippen LogP contribution in [0.25, 0.3) is 5.57 Å². The van der Waals surface area contributed by atoms with Crippen molar-refractivity contribution in [1.29, 1.82) is 0 Å². The fraction of sp³-hybridized carbons (Fsp3) is 0.684. The molecule has 5 aliphatic rings. The van der Waals surface area contributed by atoms with E-state index in [1.165, 1.54) is 30.4 Å². The van der Waals surface area contributed by atoms with Gasteiger partial charge in [-0.15, -0.1) is 0 Å². The fourth-order valence-electron chi connectivity index (χ4n) is 13.0. The summed E-state index contributed by atoms with van der Waals surface area (Å²) < 4.78 is 0. The Hall–Kier alpha value is -2.36.